The van der Waals surface area contributed by atoms with Crippen molar-refractivity contribution in [2.45, 2.75) is 63.8 Å². The summed E-state index contributed by atoms with van der Waals surface area (Å²) in [6.45, 7) is 7.92. The minimum absolute atomic E-state index is 0.0553. The Hall–Kier alpha value is -4.27. The van der Waals surface area contributed by atoms with E-state index in [4.69, 9.17) is 19.2 Å². The van der Waals surface area contributed by atoms with Crippen LogP contribution in [0, 0.1) is 11.3 Å². The van der Waals surface area contributed by atoms with E-state index in [1.165, 1.54) is 0 Å². The predicted molar refractivity (Wildman–Crippen MR) is 162 cm³/mol. The molecule has 11 nitrogen and oxygen atoms in total. The molecule has 2 atom stereocenters. The summed E-state index contributed by atoms with van der Waals surface area (Å²) in [5.41, 5.74) is 2.81. The lowest BCUT2D eigenvalue weighted by Crippen LogP contribution is -2.64. The van der Waals surface area contributed by atoms with Crippen LogP contribution in [-0.2, 0) is 9.53 Å². The van der Waals surface area contributed by atoms with Crippen molar-refractivity contribution in [3.63, 3.8) is 0 Å². The van der Waals surface area contributed by atoms with Crippen molar-refractivity contribution in [2.24, 2.45) is 0 Å². The van der Waals surface area contributed by atoms with E-state index in [0.717, 1.165) is 37.6 Å². The van der Waals surface area contributed by atoms with Gasteiger partial charge < -0.3 is 24.4 Å². The molecule has 0 spiro atoms. The first kappa shape index (κ1) is 28.8. The Bertz CT molecular complexity index is 1500. The molecule has 43 heavy (non-hydrogen) atoms. The molecule has 6 rings (SSSR count). The Balaban J connectivity index is 1.15. The van der Waals surface area contributed by atoms with Crippen LogP contribution in [0.15, 0.2) is 42.6 Å². The van der Waals surface area contributed by atoms with E-state index in [1.54, 1.807) is 31.5 Å². The van der Waals surface area contributed by atoms with Gasteiger partial charge in [0.15, 0.2) is 0 Å². The number of ketones is 1. The van der Waals surface area contributed by atoms with E-state index in [0.29, 0.717) is 78.5 Å². The SMILES string of the molecule is COc1nc(Nc2nccc(-c3ccc(OC4CCC(=O)CC4)c(C#N)c3)n2)ccc1N1CC(C)N(C2COC2)C(C)C1. The van der Waals surface area contributed by atoms with Gasteiger partial charge in [-0.1, -0.05) is 0 Å². The van der Waals surface area contributed by atoms with Crippen LogP contribution < -0.4 is 19.7 Å². The van der Waals surface area contributed by atoms with Crippen LogP contribution in [0.25, 0.3) is 11.3 Å². The minimum Gasteiger partial charge on any atom is -0.489 e. The van der Waals surface area contributed by atoms with Crippen molar-refractivity contribution in [3.8, 4) is 29.0 Å². The monoisotopic (exact) mass is 583 g/mol. The van der Waals surface area contributed by atoms with E-state index in [1.807, 2.05) is 18.2 Å². The Morgan fingerprint density at radius 1 is 1.05 bits per heavy atom. The standard InChI is InChI=1S/C32H37N7O4/c1-20-16-38(17-21(2)39(20)24-18-42-19-24)28-9-11-30(36-31(28)41-3)37-32-34-13-12-27(35-32)22-4-10-29(23(14-22)15-33)43-26-7-5-25(40)6-8-26/h4,9-14,20-21,24,26H,5-8,16-19H2,1-3H3,(H,34,35,36,37). The zero-order chi connectivity index (χ0) is 29.9. The first-order valence-electron chi connectivity index (χ1n) is 14.9. The molecular weight excluding hydrogens is 546 g/mol. The third kappa shape index (κ3) is 6.26. The highest BCUT2D eigenvalue weighted by Gasteiger charge is 2.38. The molecule has 2 aromatic heterocycles. The molecule has 2 unspecified atom stereocenters. The summed E-state index contributed by atoms with van der Waals surface area (Å²) in [5.74, 6) is 2.28. The number of carbonyl (C=O) groups excluding carboxylic acids is 1. The number of piperazine rings is 1. The summed E-state index contributed by atoms with van der Waals surface area (Å²) in [6, 6.07) is 14.7. The molecule has 2 aliphatic heterocycles. The van der Waals surface area contributed by atoms with Crippen molar-refractivity contribution in [1.82, 2.24) is 19.9 Å². The molecule has 0 radical (unpaired) electrons. The average Bonchev–Trinajstić information content (AvgIpc) is 2.99. The van der Waals surface area contributed by atoms with Crippen LogP contribution in [0.1, 0.15) is 45.1 Å². The van der Waals surface area contributed by atoms with Crippen LogP contribution in [0.2, 0.25) is 0 Å². The zero-order valence-corrected chi connectivity index (χ0v) is 24.8. The zero-order valence-electron chi connectivity index (χ0n) is 24.8. The normalized spacial score (nSPS) is 21.6. The molecule has 3 fully saturated rings. The van der Waals surface area contributed by atoms with Crippen LogP contribution in [-0.4, -0.2) is 83.3 Å². The van der Waals surface area contributed by atoms with E-state index >= 15 is 0 Å². The molecular formula is C32H37N7O4. The van der Waals surface area contributed by atoms with Gasteiger partial charge in [0.25, 0.3) is 0 Å². The first-order chi connectivity index (χ1) is 20.9. The number of nitriles is 1. The van der Waals surface area contributed by atoms with Gasteiger partial charge in [0.2, 0.25) is 11.8 Å². The van der Waals surface area contributed by atoms with Gasteiger partial charge in [-0.2, -0.15) is 10.2 Å². The third-order valence-electron chi connectivity index (χ3n) is 8.48. The maximum Gasteiger partial charge on any atom is 0.239 e. The molecule has 2 saturated heterocycles. The molecule has 1 aliphatic carbocycles. The number of hydrogen-bond acceptors (Lipinski definition) is 11. The van der Waals surface area contributed by atoms with Crippen LogP contribution >= 0.6 is 0 Å². The van der Waals surface area contributed by atoms with Gasteiger partial charge in [-0.25, -0.2) is 9.97 Å². The second-order valence-corrected chi connectivity index (χ2v) is 11.5. The van der Waals surface area contributed by atoms with Crippen molar-refractivity contribution in [1.29, 1.82) is 5.26 Å². The number of ether oxygens (including phenoxy) is 3. The Morgan fingerprint density at radius 3 is 2.49 bits per heavy atom. The maximum absolute atomic E-state index is 11.6. The number of nitrogens with zero attached hydrogens (tertiary/aromatic N) is 6. The van der Waals surface area contributed by atoms with Crippen LogP contribution in [0.5, 0.6) is 11.6 Å². The molecule has 1 saturated carbocycles. The number of rotatable bonds is 8. The second-order valence-electron chi connectivity index (χ2n) is 11.5. The van der Waals surface area contributed by atoms with E-state index in [-0.39, 0.29) is 11.9 Å². The topological polar surface area (TPSA) is 126 Å². The third-order valence-corrected chi connectivity index (χ3v) is 8.48. The molecule has 4 heterocycles. The molecule has 3 aromatic rings. The fourth-order valence-corrected chi connectivity index (χ4v) is 6.33. The molecule has 0 bridgehead atoms. The minimum atomic E-state index is -0.0553. The van der Waals surface area contributed by atoms with Crippen LogP contribution in [0.4, 0.5) is 17.5 Å². The van der Waals surface area contributed by atoms with Crippen molar-refractivity contribution in [2.75, 3.05) is 43.6 Å². The van der Waals surface area contributed by atoms with Gasteiger partial charge in [0.05, 0.1) is 43.7 Å². The number of pyridine rings is 1. The van der Waals surface area contributed by atoms with Crippen molar-refractivity contribution >= 4 is 23.2 Å². The summed E-state index contributed by atoms with van der Waals surface area (Å²) in [4.78, 5) is 30.3. The largest absolute Gasteiger partial charge is 0.489 e. The van der Waals surface area contributed by atoms with Crippen molar-refractivity contribution in [3.05, 3.63) is 48.2 Å². The number of methoxy groups -OCH3 is 1. The van der Waals surface area contributed by atoms with Crippen LogP contribution in [0.3, 0.4) is 0 Å². The molecule has 11 heteroatoms. The highest BCUT2D eigenvalue weighted by Crippen LogP contribution is 2.33. The smallest absolute Gasteiger partial charge is 0.239 e. The second kappa shape index (κ2) is 12.5. The van der Waals surface area contributed by atoms with Gasteiger partial charge in [0.1, 0.15) is 29.1 Å². The number of hydrogen-bond donors (Lipinski definition) is 1. The van der Waals surface area contributed by atoms with Gasteiger partial charge in [-0.05, 0) is 63.1 Å². The Kier molecular flexibility index (Phi) is 8.40. The summed E-state index contributed by atoms with van der Waals surface area (Å²) in [5, 5.41) is 13.0. The Labute approximate surface area is 251 Å². The number of anilines is 3. The average molecular weight is 584 g/mol. The predicted octanol–water partition coefficient (Wildman–Crippen LogP) is 4.35. The number of nitrogens with one attached hydrogen (secondary N) is 1. The summed E-state index contributed by atoms with van der Waals surface area (Å²) < 4.78 is 17.2. The number of aromatic nitrogens is 3. The fourth-order valence-electron chi connectivity index (χ4n) is 6.33. The summed E-state index contributed by atoms with van der Waals surface area (Å²) in [7, 11) is 1.63. The lowest BCUT2D eigenvalue weighted by molar-refractivity contribution is -0.121. The first-order valence-corrected chi connectivity index (χ1v) is 14.9. The van der Waals surface area contributed by atoms with Gasteiger partial charge >= 0.3 is 0 Å². The summed E-state index contributed by atoms with van der Waals surface area (Å²) >= 11 is 0. The van der Waals surface area contributed by atoms with E-state index in [9.17, 15) is 10.1 Å². The highest BCUT2D eigenvalue weighted by atomic mass is 16.5. The fraction of sp³-hybridized carbons (Fsp3) is 0.469. The molecule has 3 aliphatic rings. The number of benzene rings is 1. The molecule has 1 N–H and O–H groups in total. The summed E-state index contributed by atoms with van der Waals surface area (Å²) in [6.07, 6.45) is 4.02. The number of Topliss-reactive ketones (excluding diaryl/α,β-unsaturated/α-hetero) is 1. The van der Waals surface area contributed by atoms with E-state index in [2.05, 4.69) is 45.0 Å². The lowest BCUT2D eigenvalue weighted by Gasteiger charge is -2.51. The van der Waals surface area contributed by atoms with E-state index < -0.39 is 0 Å². The molecule has 224 valence electrons. The lowest BCUT2D eigenvalue weighted by atomic mass is 9.96. The highest BCUT2D eigenvalue weighted by molar-refractivity contribution is 5.79. The number of carbonyl (C=O) groups is 1. The van der Waals surface area contributed by atoms with Gasteiger partial charge in [-0.15, -0.1) is 0 Å². The van der Waals surface area contributed by atoms with Crippen molar-refractivity contribution < 1.29 is 19.0 Å². The van der Waals surface area contributed by atoms with Gasteiger partial charge in [0, 0.05) is 49.8 Å². The molecule has 1 aromatic carbocycles. The maximum atomic E-state index is 11.6. The van der Waals surface area contributed by atoms with Gasteiger partial charge in [-0.3, -0.25) is 9.69 Å². The quantitative estimate of drug-likeness (QED) is 0.407. The molecule has 0 amide bonds. The Morgan fingerprint density at radius 2 is 1.81 bits per heavy atom.